The van der Waals surface area contributed by atoms with Crippen LogP contribution in [0.1, 0.15) is 22.2 Å². The number of aliphatic carboxylic acids is 1. The number of carbonyl (C=O) groups is 2. The molecule has 0 atom stereocenters. The molecule has 0 fully saturated rings. The minimum atomic E-state index is -0.956. The molecule has 0 radical (unpaired) electrons. The SMILES string of the molecule is CCOC(=O)c1sc2ncnc(N(C)CC(=O)O)c2c1C. The first kappa shape index (κ1) is 15.2. The average Bonchev–Trinajstić information content (AvgIpc) is 2.76. The second kappa shape index (κ2) is 6.04. The van der Waals surface area contributed by atoms with Crippen molar-refractivity contribution in [2.45, 2.75) is 13.8 Å². The van der Waals surface area contributed by atoms with Gasteiger partial charge >= 0.3 is 11.9 Å². The minimum absolute atomic E-state index is 0.184. The van der Waals surface area contributed by atoms with E-state index in [1.807, 2.05) is 0 Å². The van der Waals surface area contributed by atoms with E-state index in [0.717, 1.165) is 0 Å². The molecule has 21 heavy (non-hydrogen) atoms. The van der Waals surface area contributed by atoms with Crippen LogP contribution in [0, 0.1) is 6.92 Å². The smallest absolute Gasteiger partial charge is 0.348 e. The van der Waals surface area contributed by atoms with Crippen LogP contribution in [0.5, 0.6) is 0 Å². The second-order valence-electron chi connectivity index (χ2n) is 4.40. The van der Waals surface area contributed by atoms with E-state index in [1.165, 1.54) is 22.6 Å². The van der Waals surface area contributed by atoms with Gasteiger partial charge in [-0.2, -0.15) is 0 Å². The Kier molecular flexibility index (Phi) is 4.37. The topological polar surface area (TPSA) is 92.6 Å². The molecule has 1 N–H and O–H groups in total. The summed E-state index contributed by atoms with van der Waals surface area (Å²) in [6, 6.07) is 0. The highest BCUT2D eigenvalue weighted by Gasteiger charge is 2.22. The Morgan fingerprint density at radius 1 is 1.43 bits per heavy atom. The number of rotatable bonds is 5. The number of likely N-dealkylation sites (N-methyl/N-ethyl adjacent to an activating group) is 1. The number of carbonyl (C=O) groups excluding carboxylic acids is 1. The molecule has 2 aromatic heterocycles. The van der Waals surface area contributed by atoms with Crippen LogP contribution in [0.25, 0.3) is 10.2 Å². The summed E-state index contributed by atoms with van der Waals surface area (Å²) in [5, 5.41) is 9.58. The first-order chi connectivity index (χ1) is 9.95. The second-order valence-corrected chi connectivity index (χ2v) is 5.40. The summed E-state index contributed by atoms with van der Waals surface area (Å²) < 4.78 is 5.02. The number of aryl methyl sites for hydroxylation is 1. The van der Waals surface area contributed by atoms with Crippen molar-refractivity contribution in [3.63, 3.8) is 0 Å². The van der Waals surface area contributed by atoms with Crippen LogP contribution in [-0.4, -0.2) is 47.2 Å². The van der Waals surface area contributed by atoms with Gasteiger partial charge < -0.3 is 14.7 Å². The molecule has 112 valence electrons. The van der Waals surface area contributed by atoms with E-state index in [4.69, 9.17) is 9.84 Å². The fourth-order valence-corrected chi connectivity index (χ4v) is 3.05. The number of carboxylic acids is 1. The molecule has 0 saturated carbocycles. The number of hydrogen-bond donors (Lipinski definition) is 1. The molecule has 0 saturated heterocycles. The molecule has 0 aliphatic carbocycles. The van der Waals surface area contributed by atoms with E-state index < -0.39 is 11.9 Å². The summed E-state index contributed by atoms with van der Waals surface area (Å²) in [6.45, 7) is 3.64. The van der Waals surface area contributed by atoms with E-state index in [-0.39, 0.29) is 6.54 Å². The molecule has 7 nitrogen and oxygen atoms in total. The van der Waals surface area contributed by atoms with E-state index >= 15 is 0 Å². The van der Waals surface area contributed by atoms with E-state index in [9.17, 15) is 9.59 Å². The van der Waals surface area contributed by atoms with Gasteiger partial charge in [-0.3, -0.25) is 4.79 Å². The van der Waals surface area contributed by atoms with Crippen LogP contribution in [0.3, 0.4) is 0 Å². The van der Waals surface area contributed by atoms with Gasteiger partial charge in [0.05, 0.1) is 12.0 Å². The van der Waals surface area contributed by atoms with Gasteiger partial charge in [-0.15, -0.1) is 11.3 Å². The van der Waals surface area contributed by atoms with E-state index in [0.29, 0.717) is 33.1 Å². The van der Waals surface area contributed by atoms with Gasteiger partial charge in [0.1, 0.15) is 28.4 Å². The lowest BCUT2D eigenvalue weighted by Crippen LogP contribution is -2.26. The summed E-state index contributed by atoms with van der Waals surface area (Å²) in [4.78, 5) is 33.7. The number of nitrogens with zero attached hydrogens (tertiary/aromatic N) is 3. The van der Waals surface area contributed by atoms with Crippen molar-refractivity contribution in [2.75, 3.05) is 25.1 Å². The number of aromatic nitrogens is 2. The number of carboxylic acid groups (broad SMARTS) is 1. The van der Waals surface area contributed by atoms with Crippen LogP contribution in [-0.2, 0) is 9.53 Å². The van der Waals surface area contributed by atoms with Crippen LogP contribution < -0.4 is 4.90 Å². The van der Waals surface area contributed by atoms with Crippen molar-refractivity contribution in [1.29, 1.82) is 0 Å². The van der Waals surface area contributed by atoms with Crippen molar-refractivity contribution < 1.29 is 19.4 Å². The average molecular weight is 309 g/mol. The molecule has 2 aromatic rings. The van der Waals surface area contributed by atoms with Gasteiger partial charge in [-0.1, -0.05) is 0 Å². The zero-order valence-electron chi connectivity index (χ0n) is 11.9. The highest BCUT2D eigenvalue weighted by atomic mass is 32.1. The molecule has 8 heteroatoms. The Balaban J connectivity index is 2.54. The number of thiophene rings is 1. The molecule has 0 bridgehead atoms. The third-order valence-electron chi connectivity index (χ3n) is 2.90. The summed E-state index contributed by atoms with van der Waals surface area (Å²) in [5.41, 5.74) is 0.710. The van der Waals surface area contributed by atoms with Crippen molar-refractivity contribution in [2.24, 2.45) is 0 Å². The minimum Gasteiger partial charge on any atom is -0.480 e. The fourth-order valence-electron chi connectivity index (χ4n) is 2.01. The highest BCUT2D eigenvalue weighted by molar-refractivity contribution is 7.20. The molecule has 2 rings (SSSR count). The number of anilines is 1. The zero-order chi connectivity index (χ0) is 15.6. The maximum atomic E-state index is 11.9. The maximum absolute atomic E-state index is 11.9. The zero-order valence-corrected chi connectivity index (χ0v) is 12.7. The number of hydrogen-bond acceptors (Lipinski definition) is 7. The fraction of sp³-hybridized carbons (Fsp3) is 0.385. The predicted octanol–water partition coefficient (Wildman–Crippen LogP) is 1.70. The Morgan fingerprint density at radius 3 is 2.76 bits per heavy atom. The van der Waals surface area contributed by atoms with Gasteiger partial charge in [-0.25, -0.2) is 14.8 Å². The normalized spacial score (nSPS) is 10.6. The van der Waals surface area contributed by atoms with Gasteiger partial charge in [0, 0.05) is 7.05 Å². The number of esters is 1. The first-order valence-electron chi connectivity index (χ1n) is 6.29. The van der Waals surface area contributed by atoms with E-state index in [1.54, 1.807) is 20.9 Å². The molecular weight excluding hydrogens is 294 g/mol. The van der Waals surface area contributed by atoms with Crippen molar-refractivity contribution in [3.8, 4) is 0 Å². The third-order valence-corrected chi connectivity index (χ3v) is 4.08. The van der Waals surface area contributed by atoms with Gasteiger partial charge in [-0.05, 0) is 19.4 Å². The van der Waals surface area contributed by atoms with Crippen molar-refractivity contribution >= 4 is 39.3 Å². The quantitative estimate of drug-likeness (QED) is 0.840. The largest absolute Gasteiger partial charge is 0.480 e. The standard InChI is InChI=1S/C13H15N3O4S/c1-4-20-13(19)10-7(2)9-11(16(3)5-8(17)18)14-6-15-12(9)21-10/h6H,4-5H2,1-3H3,(H,17,18). The Bertz CT molecular complexity index is 698. The maximum Gasteiger partial charge on any atom is 0.348 e. The predicted molar refractivity (Wildman–Crippen MR) is 79.0 cm³/mol. The Morgan fingerprint density at radius 2 is 2.14 bits per heavy atom. The highest BCUT2D eigenvalue weighted by Crippen LogP contribution is 2.34. The molecule has 0 aliphatic heterocycles. The molecule has 0 amide bonds. The molecular formula is C13H15N3O4S. The first-order valence-corrected chi connectivity index (χ1v) is 7.11. The van der Waals surface area contributed by atoms with Gasteiger partial charge in [0.15, 0.2) is 0 Å². The summed E-state index contributed by atoms with van der Waals surface area (Å²) in [6.07, 6.45) is 1.36. The van der Waals surface area contributed by atoms with Gasteiger partial charge in [0.25, 0.3) is 0 Å². The lowest BCUT2D eigenvalue weighted by molar-refractivity contribution is -0.135. The summed E-state index contributed by atoms with van der Waals surface area (Å²) >= 11 is 1.22. The Labute approximate surface area is 125 Å². The van der Waals surface area contributed by atoms with Gasteiger partial charge in [0.2, 0.25) is 0 Å². The lowest BCUT2D eigenvalue weighted by atomic mass is 10.2. The molecule has 0 spiro atoms. The number of fused-ring (bicyclic) bond motifs is 1. The van der Waals surface area contributed by atoms with Crippen LogP contribution in [0.4, 0.5) is 5.82 Å². The third kappa shape index (κ3) is 2.94. The van der Waals surface area contributed by atoms with Crippen LogP contribution >= 0.6 is 11.3 Å². The summed E-state index contributed by atoms with van der Waals surface area (Å²) in [5.74, 6) is -0.862. The molecule has 0 unspecified atom stereocenters. The number of ether oxygens (including phenoxy) is 1. The monoisotopic (exact) mass is 309 g/mol. The summed E-state index contributed by atoms with van der Waals surface area (Å²) in [7, 11) is 1.64. The Hall–Kier alpha value is -2.22. The van der Waals surface area contributed by atoms with Crippen LogP contribution in [0.2, 0.25) is 0 Å². The van der Waals surface area contributed by atoms with E-state index in [2.05, 4.69) is 9.97 Å². The molecule has 0 aromatic carbocycles. The molecule has 0 aliphatic rings. The lowest BCUT2D eigenvalue weighted by Gasteiger charge is -2.16. The van der Waals surface area contributed by atoms with Crippen LogP contribution in [0.15, 0.2) is 6.33 Å². The van der Waals surface area contributed by atoms with Crippen molar-refractivity contribution in [3.05, 3.63) is 16.8 Å². The molecule has 2 heterocycles. The van der Waals surface area contributed by atoms with Crippen molar-refractivity contribution in [1.82, 2.24) is 9.97 Å².